The summed E-state index contributed by atoms with van der Waals surface area (Å²) in [6.45, 7) is 0. The molecule has 1 aromatic carbocycles. The maximum absolute atomic E-state index is 13.0. The molecular weight excluding hydrogens is 393 g/mol. The van der Waals surface area contributed by atoms with Crippen LogP contribution in [0.2, 0.25) is 5.02 Å². The van der Waals surface area contributed by atoms with Gasteiger partial charge in [-0.25, -0.2) is 9.67 Å². The number of nitrogens with zero attached hydrogens (tertiary/aromatic N) is 3. The van der Waals surface area contributed by atoms with Crippen molar-refractivity contribution in [3.8, 4) is 5.82 Å². The third kappa shape index (κ3) is 3.73. The molecule has 0 radical (unpaired) electrons. The summed E-state index contributed by atoms with van der Waals surface area (Å²) in [5.41, 5.74) is 0.260. The van der Waals surface area contributed by atoms with E-state index in [4.69, 9.17) is 11.6 Å². The van der Waals surface area contributed by atoms with Crippen LogP contribution in [0.3, 0.4) is 0 Å². The first-order valence-corrected chi connectivity index (χ1v) is 8.90. The number of benzene rings is 1. The molecule has 2 aromatic heterocycles. The van der Waals surface area contributed by atoms with E-state index < -0.39 is 17.8 Å². The molecule has 5 nitrogen and oxygen atoms in total. The Morgan fingerprint density at radius 1 is 1.18 bits per heavy atom. The number of pyridine rings is 1. The zero-order valence-corrected chi connectivity index (χ0v) is 15.1. The van der Waals surface area contributed by atoms with Crippen molar-refractivity contribution >= 4 is 23.2 Å². The van der Waals surface area contributed by atoms with Gasteiger partial charge in [0.05, 0.1) is 22.5 Å². The van der Waals surface area contributed by atoms with E-state index in [9.17, 15) is 18.0 Å². The molecule has 0 bridgehead atoms. The molecule has 0 spiro atoms. The fourth-order valence-electron chi connectivity index (χ4n) is 2.82. The highest BCUT2D eigenvalue weighted by Gasteiger charge is 2.38. The van der Waals surface area contributed by atoms with Gasteiger partial charge in [-0.05, 0) is 43.2 Å². The fourth-order valence-corrected chi connectivity index (χ4v) is 3.04. The fraction of sp³-hybridized carbons (Fsp3) is 0.211. The zero-order chi connectivity index (χ0) is 19.9. The van der Waals surface area contributed by atoms with Crippen molar-refractivity contribution in [3.63, 3.8) is 0 Å². The van der Waals surface area contributed by atoms with Gasteiger partial charge in [0.15, 0.2) is 11.5 Å². The zero-order valence-electron chi connectivity index (χ0n) is 14.4. The average Bonchev–Trinajstić information content (AvgIpc) is 3.39. The van der Waals surface area contributed by atoms with Gasteiger partial charge in [-0.3, -0.25) is 4.79 Å². The van der Waals surface area contributed by atoms with E-state index in [-0.39, 0.29) is 11.7 Å². The Balaban J connectivity index is 1.58. The number of carbonyl (C=O) groups excluding carboxylic acids is 1. The van der Waals surface area contributed by atoms with E-state index in [1.807, 2.05) is 0 Å². The van der Waals surface area contributed by atoms with Gasteiger partial charge in [0, 0.05) is 11.6 Å². The van der Waals surface area contributed by atoms with Gasteiger partial charge >= 0.3 is 6.18 Å². The Labute approximate surface area is 163 Å². The molecule has 0 aliphatic heterocycles. The van der Waals surface area contributed by atoms with E-state index in [0.29, 0.717) is 22.0 Å². The number of amides is 1. The lowest BCUT2D eigenvalue weighted by Crippen LogP contribution is -2.13. The first-order chi connectivity index (χ1) is 13.3. The van der Waals surface area contributed by atoms with Crippen LogP contribution < -0.4 is 5.32 Å². The van der Waals surface area contributed by atoms with Crippen molar-refractivity contribution in [1.29, 1.82) is 0 Å². The predicted octanol–water partition coefficient (Wildman–Crippen LogP) is 5.07. The van der Waals surface area contributed by atoms with E-state index in [2.05, 4.69) is 15.4 Å². The Morgan fingerprint density at radius 3 is 2.54 bits per heavy atom. The third-order valence-corrected chi connectivity index (χ3v) is 4.69. The lowest BCUT2D eigenvalue weighted by atomic mass is 10.2. The second-order valence-electron chi connectivity index (χ2n) is 6.48. The van der Waals surface area contributed by atoms with Crippen LogP contribution in [0.5, 0.6) is 0 Å². The quantitative estimate of drug-likeness (QED) is 0.658. The smallest absolute Gasteiger partial charge is 0.321 e. The van der Waals surface area contributed by atoms with Crippen LogP contribution in [-0.2, 0) is 6.18 Å². The molecule has 144 valence electrons. The Bertz CT molecular complexity index is 1030. The number of hydrogen-bond acceptors (Lipinski definition) is 3. The van der Waals surface area contributed by atoms with Crippen LogP contribution in [0, 0.1) is 0 Å². The van der Waals surface area contributed by atoms with Gasteiger partial charge in [0.2, 0.25) is 0 Å². The summed E-state index contributed by atoms with van der Waals surface area (Å²) < 4.78 is 40.3. The van der Waals surface area contributed by atoms with Crippen molar-refractivity contribution in [2.75, 3.05) is 5.32 Å². The lowest BCUT2D eigenvalue weighted by molar-refractivity contribution is -0.141. The van der Waals surface area contributed by atoms with Gasteiger partial charge < -0.3 is 5.32 Å². The number of carbonyl (C=O) groups is 1. The summed E-state index contributed by atoms with van der Waals surface area (Å²) in [4.78, 5) is 16.5. The Hall–Kier alpha value is -2.87. The number of aromatic nitrogens is 3. The maximum atomic E-state index is 13.0. The number of alkyl halides is 3. The second-order valence-corrected chi connectivity index (χ2v) is 6.88. The van der Waals surface area contributed by atoms with Crippen molar-refractivity contribution in [2.45, 2.75) is 24.9 Å². The van der Waals surface area contributed by atoms with E-state index in [1.54, 1.807) is 30.3 Å². The van der Waals surface area contributed by atoms with Crippen LogP contribution in [0.15, 0.2) is 48.7 Å². The largest absolute Gasteiger partial charge is 0.435 e. The lowest BCUT2D eigenvalue weighted by Gasteiger charge is -2.09. The summed E-state index contributed by atoms with van der Waals surface area (Å²) in [5.74, 6) is -0.0876. The van der Waals surface area contributed by atoms with Crippen molar-refractivity contribution in [2.24, 2.45) is 0 Å². The summed E-state index contributed by atoms with van der Waals surface area (Å²) in [6, 6.07) is 10.7. The van der Waals surface area contributed by atoms with E-state index >= 15 is 0 Å². The number of halogens is 4. The van der Waals surface area contributed by atoms with Crippen molar-refractivity contribution in [1.82, 2.24) is 14.8 Å². The maximum Gasteiger partial charge on any atom is 0.435 e. The molecule has 0 saturated heterocycles. The molecular formula is C19H14ClF3N4O. The van der Waals surface area contributed by atoms with Gasteiger partial charge in [-0.1, -0.05) is 23.7 Å². The van der Waals surface area contributed by atoms with Crippen molar-refractivity contribution < 1.29 is 18.0 Å². The molecule has 9 heteroatoms. The molecule has 3 aromatic rings. The summed E-state index contributed by atoms with van der Waals surface area (Å²) in [6.07, 6.45) is -1.49. The van der Waals surface area contributed by atoms with Crippen LogP contribution in [0.4, 0.5) is 18.9 Å². The Kier molecular flexibility index (Phi) is 4.58. The van der Waals surface area contributed by atoms with Crippen LogP contribution in [-0.4, -0.2) is 20.7 Å². The molecule has 1 aliphatic carbocycles. The highest BCUT2D eigenvalue weighted by Crippen LogP contribution is 2.42. The topological polar surface area (TPSA) is 59.8 Å². The monoisotopic (exact) mass is 406 g/mol. The Morgan fingerprint density at radius 2 is 1.93 bits per heavy atom. The molecule has 0 atom stereocenters. The normalized spacial score (nSPS) is 14.1. The number of hydrogen-bond donors (Lipinski definition) is 1. The standard InChI is InChI=1S/C19H14ClF3N4O/c20-14-4-2-1-3-13(14)18(28)25-12-7-8-17(24-10-12)27-15(11-5-6-11)9-16(26-27)19(21,22)23/h1-4,7-11H,5-6H2,(H,25,28). The SMILES string of the molecule is O=C(Nc1ccc(-n2nc(C(F)(F)F)cc2C2CC2)nc1)c1ccccc1Cl. The third-order valence-electron chi connectivity index (χ3n) is 4.36. The number of nitrogens with one attached hydrogen (secondary N) is 1. The molecule has 1 amide bonds. The minimum Gasteiger partial charge on any atom is -0.321 e. The molecule has 0 unspecified atom stereocenters. The van der Waals surface area contributed by atoms with Gasteiger partial charge in [0.25, 0.3) is 5.91 Å². The predicted molar refractivity (Wildman–Crippen MR) is 97.7 cm³/mol. The van der Waals surface area contributed by atoms with E-state index in [0.717, 1.165) is 18.9 Å². The van der Waals surface area contributed by atoms with Crippen LogP contribution in [0.25, 0.3) is 5.82 Å². The first-order valence-electron chi connectivity index (χ1n) is 8.52. The highest BCUT2D eigenvalue weighted by molar-refractivity contribution is 6.34. The molecule has 28 heavy (non-hydrogen) atoms. The minimum absolute atomic E-state index is 0.0602. The van der Waals surface area contributed by atoms with Crippen LogP contribution in [0.1, 0.15) is 40.5 Å². The summed E-state index contributed by atoms with van der Waals surface area (Å²) in [7, 11) is 0. The average molecular weight is 407 g/mol. The van der Waals surface area contributed by atoms with Gasteiger partial charge in [-0.2, -0.15) is 18.3 Å². The number of anilines is 1. The first kappa shape index (κ1) is 18.5. The minimum atomic E-state index is -4.52. The van der Waals surface area contributed by atoms with E-state index in [1.165, 1.54) is 16.9 Å². The molecule has 1 aliphatic rings. The number of rotatable bonds is 4. The van der Waals surface area contributed by atoms with Gasteiger partial charge in [0.1, 0.15) is 0 Å². The summed E-state index contributed by atoms with van der Waals surface area (Å²) in [5, 5.41) is 6.66. The second kappa shape index (κ2) is 6.94. The molecule has 1 N–H and O–H groups in total. The summed E-state index contributed by atoms with van der Waals surface area (Å²) >= 11 is 6.00. The molecule has 1 saturated carbocycles. The molecule has 1 fully saturated rings. The molecule has 2 heterocycles. The van der Waals surface area contributed by atoms with Gasteiger partial charge in [-0.15, -0.1) is 0 Å². The van der Waals surface area contributed by atoms with Crippen LogP contribution >= 0.6 is 11.6 Å². The highest BCUT2D eigenvalue weighted by atomic mass is 35.5. The molecule has 4 rings (SSSR count). The van der Waals surface area contributed by atoms with Crippen molar-refractivity contribution in [3.05, 3.63) is 70.6 Å².